The van der Waals surface area contributed by atoms with Crippen LogP contribution < -0.4 is 14.8 Å². The zero-order valence-electron chi connectivity index (χ0n) is 12.5. The normalized spacial score (nSPS) is 28.8. The molecule has 1 N–H and O–H groups in total. The second-order valence-corrected chi connectivity index (χ2v) is 5.96. The van der Waals surface area contributed by atoms with Crippen LogP contribution in [0.1, 0.15) is 50.6 Å². The third kappa shape index (κ3) is 2.64. The van der Waals surface area contributed by atoms with Crippen molar-refractivity contribution in [1.82, 2.24) is 5.32 Å². The van der Waals surface area contributed by atoms with Crippen molar-refractivity contribution in [2.45, 2.75) is 51.2 Å². The molecule has 1 aromatic carbocycles. The van der Waals surface area contributed by atoms with Crippen LogP contribution >= 0.6 is 0 Å². The van der Waals surface area contributed by atoms with Gasteiger partial charge in [0.15, 0.2) is 0 Å². The molecule has 0 aromatic heterocycles. The number of hydrogen-bond acceptors (Lipinski definition) is 3. The molecule has 0 amide bonds. The van der Waals surface area contributed by atoms with E-state index in [1.165, 1.54) is 37.7 Å². The van der Waals surface area contributed by atoms with Gasteiger partial charge in [0.2, 0.25) is 0 Å². The number of hydrogen-bond donors (Lipinski definition) is 1. The van der Waals surface area contributed by atoms with Gasteiger partial charge in [0.05, 0.1) is 6.04 Å². The summed E-state index contributed by atoms with van der Waals surface area (Å²) < 4.78 is 12.0. The van der Waals surface area contributed by atoms with E-state index in [9.17, 15) is 0 Å². The molecule has 3 nitrogen and oxygen atoms in total. The molecule has 1 fully saturated rings. The van der Waals surface area contributed by atoms with Crippen molar-refractivity contribution in [3.63, 3.8) is 0 Å². The molecule has 0 spiro atoms. The van der Waals surface area contributed by atoms with Crippen LogP contribution in [0.5, 0.6) is 11.5 Å². The molecule has 0 radical (unpaired) electrons. The first-order valence-electron chi connectivity index (χ1n) is 7.92. The highest BCUT2D eigenvalue weighted by Gasteiger charge is 2.27. The van der Waals surface area contributed by atoms with Crippen molar-refractivity contribution < 1.29 is 9.47 Å². The highest BCUT2D eigenvalue weighted by Crippen LogP contribution is 2.37. The molecule has 3 rings (SSSR count). The molecule has 1 aliphatic heterocycles. The van der Waals surface area contributed by atoms with Crippen molar-refractivity contribution >= 4 is 0 Å². The first kappa shape index (κ1) is 13.7. The number of nitrogens with one attached hydrogen (secondary N) is 1. The monoisotopic (exact) mass is 275 g/mol. The fourth-order valence-corrected chi connectivity index (χ4v) is 3.47. The third-order valence-corrected chi connectivity index (χ3v) is 4.77. The average molecular weight is 275 g/mol. The summed E-state index contributed by atoms with van der Waals surface area (Å²) in [5, 5.41) is 3.27. The predicted octanol–water partition coefficient (Wildman–Crippen LogP) is 3.69. The minimum absolute atomic E-state index is 0.317. The first-order valence-corrected chi connectivity index (χ1v) is 7.92. The molecule has 2 aliphatic rings. The minimum Gasteiger partial charge on any atom is -0.491 e. The van der Waals surface area contributed by atoms with Gasteiger partial charge in [-0.15, -0.1) is 0 Å². The van der Waals surface area contributed by atoms with E-state index in [1.807, 2.05) is 7.05 Å². The van der Waals surface area contributed by atoms with Gasteiger partial charge in [-0.25, -0.2) is 0 Å². The van der Waals surface area contributed by atoms with Gasteiger partial charge in [0.1, 0.15) is 24.2 Å². The fraction of sp³-hybridized carbons (Fsp3) is 0.647. The van der Waals surface area contributed by atoms with Crippen molar-refractivity contribution in [1.29, 1.82) is 0 Å². The smallest absolute Gasteiger partial charge is 0.127 e. The lowest BCUT2D eigenvalue weighted by atomic mass is 9.85. The Morgan fingerprint density at radius 3 is 2.95 bits per heavy atom. The number of ether oxygens (including phenoxy) is 2. The second kappa shape index (κ2) is 6.04. The summed E-state index contributed by atoms with van der Waals surface area (Å²) in [6.07, 6.45) is 6.75. The lowest BCUT2D eigenvalue weighted by molar-refractivity contribution is 0.0901. The molecule has 1 aliphatic carbocycles. The Balaban J connectivity index is 1.72. The minimum atomic E-state index is 0.317. The van der Waals surface area contributed by atoms with Crippen LogP contribution in [0, 0.1) is 5.92 Å². The van der Waals surface area contributed by atoms with Crippen molar-refractivity contribution in [2.75, 3.05) is 13.7 Å². The lowest BCUT2D eigenvalue weighted by Crippen LogP contribution is -2.29. The van der Waals surface area contributed by atoms with E-state index < -0.39 is 0 Å². The van der Waals surface area contributed by atoms with Crippen LogP contribution in [-0.2, 0) is 0 Å². The van der Waals surface area contributed by atoms with Crippen LogP contribution in [0.4, 0.5) is 0 Å². The molecular weight excluding hydrogens is 250 g/mol. The summed E-state index contributed by atoms with van der Waals surface area (Å²) in [6, 6.07) is 6.62. The highest BCUT2D eigenvalue weighted by molar-refractivity contribution is 5.45. The topological polar surface area (TPSA) is 30.5 Å². The quantitative estimate of drug-likeness (QED) is 0.909. The van der Waals surface area contributed by atoms with E-state index in [0.29, 0.717) is 18.1 Å². The SMILES string of the molecule is CCC1CCCCC1Oc1ccc2c(c1)OCC2NC. The van der Waals surface area contributed by atoms with Crippen LogP contribution in [0.3, 0.4) is 0 Å². The Hall–Kier alpha value is -1.22. The van der Waals surface area contributed by atoms with Crippen LogP contribution in [0.25, 0.3) is 0 Å². The van der Waals surface area contributed by atoms with E-state index >= 15 is 0 Å². The summed E-state index contributed by atoms with van der Waals surface area (Å²) >= 11 is 0. The van der Waals surface area contributed by atoms with Crippen molar-refractivity contribution in [3.05, 3.63) is 23.8 Å². The Morgan fingerprint density at radius 1 is 1.30 bits per heavy atom. The maximum atomic E-state index is 6.25. The van der Waals surface area contributed by atoms with Gasteiger partial charge in [0.25, 0.3) is 0 Å². The van der Waals surface area contributed by atoms with E-state index in [0.717, 1.165) is 18.1 Å². The Bertz CT molecular complexity index is 460. The van der Waals surface area contributed by atoms with Gasteiger partial charge in [0, 0.05) is 11.6 Å². The number of fused-ring (bicyclic) bond motifs is 1. The molecule has 1 saturated carbocycles. The first-order chi connectivity index (χ1) is 9.81. The summed E-state index contributed by atoms with van der Waals surface area (Å²) in [4.78, 5) is 0. The zero-order valence-corrected chi connectivity index (χ0v) is 12.5. The Kier molecular flexibility index (Phi) is 4.16. The van der Waals surface area contributed by atoms with Crippen LogP contribution in [-0.4, -0.2) is 19.8 Å². The van der Waals surface area contributed by atoms with E-state index in [1.54, 1.807) is 0 Å². The third-order valence-electron chi connectivity index (χ3n) is 4.77. The van der Waals surface area contributed by atoms with Crippen LogP contribution in [0.2, 0.25) is 0 Å². The van der Waals surface area contributed by atoms with E-state index in [-0.39, 0.29) is 0 Å². The molecular formula is C17H25NO2. The molecule has 110 valence electrons. The Labute approximate surface area is 121 Å². The Morgan fingerprint density at radius 2 is 2.15 bits per heavy atom. The predicted molar refractivity (Wildman–Crippen MR) is 80.4 cm³/mol. The van der Waals surface area contributed by atoms with Gasteiger partial charge < -0.3 is 14.8 Å². The molecule has 3 atom stereocenters. The fourth-order valence-electron chi connectivity index (χ4n) is 3.47. The van der Waals surface area contributed by atoms with Crippen molar-refractivity contribution in [2.24, 2.45) is 5.92 Å². The molecule has 20 heavy (non-hydrogen) atoms. The van der Waals surface area contributed by atoms with Crippen LogP contribution in [0.15, 0.2) is 18.2 Å². The zero-order chi connectivity index (χ0) is 13.9. The van der Waals surface area contributed by atoms with Crippen molar-refractivity contribution in [3.8, 4) is 11.5 Å². The maximum absolute atomic E-state index is 6.25. The van der Waals surface area contributed by atoms with Gasteiger partial charge in [-0.2, -0.15) is 0 Å². The van der Waals surface area contributed by atoms with Gasteiger partial charge >= 0.3 is 0 Å². The molecule has 0 bridgehead atoms. The van der Waals surface area contributed by atoms with Gasteiger partial charge in [-0.05, 0) is 50.8 Å². The maximum Gasteiger partial charge on any atom is 0.127 e. The number of rotatable bonds is 4. The van der Waals surface area contributed by atoms with E-state index in [2.05, 4.69) is 30.4 Å². The molecule has 1 heterocycles. The summed E-state index contributed by atoms with van der Waals surface area (Å²) in [5.74, 6) is 2.65. The molecule has 0 saturated heterocycles. The average Bonchev–Trinajstić information content (AvgIpc) is 2.90. The summed E-state index contributed by atoms with van der Waals surface area (Å²) in [7, 11) is 1.97. The molecule has 3 heteroatoms. The van der Waals surface area contributed by atoms with E-state index in [4.69, 9.17) is 9.47 Å². The largest absolute Gasteiger partial charge is 0.491 e. The number of benzene rings is 1. The number of likely N-dealkylation sites (N-methyl/N-ethyl adjacent to an activating group) is 1. The van der Waals surface area contributed by atoms with Gasteiger partial charge in [-0.1, -0.05) is 13.3 Å². The summed E-state index contributed by atoms with van der Waals surface area (Å²) in [5.41, 5.74) is 1.25. The highest BCUT2D eigenvalue weighted by atomic mass is 16.5. The molecule has 1 aromatic rings. The lowest BCUT2D eigenvalue weighted by Gasteiger charge is -2.31. The standard InChI is InChI=1S/C17H25NO2/c1-3-12-6-4-5-7-16(12)20-13-8-9-14-15(18-2)11-19-17(14)10-13/h8-10,12,15-16,18H,3-7,11H2,1-2H3. The van der Waals surface area contributed by atoms with Gasteiger partial charge in [-0.3, -0.25) is 0 Å². The second-order valence-electron chi connectivity index (χ2n) is 5.96. The molecule has 3 unspecified atom stereocenters. The summed E-state index contributed by atoms with van der Waals surface area (Å²) in [6.45, 7) is 2.99.